The van der Waals surface area contributed by atoms with E-state index in [0.29, 0.717) is 5.75 Å². The Morgan fingerprint density at radius 3 is 2.06 bits per heavy atom. The first-order valence-corrected chi connectivity index (χ1v) is 6.64. The van der Waals surface area contributed by atoms with Crippen LogP contribution < -0.4 is 15.2 Å². The maximum absolute atomic E-state index is 12.1. The molecule has 17 heavy (non-hydrogen) atoms. The molecule has 0 heterocycles. The predicted octanol–water partition coefficient (Wildman–Crippen LogP) is 1.47. The van der Waals surface area contributed by atoms with Crippen molar-refractivity contribution >= 4 is 15.5 Å². The third-order valence-electron chi connectivity index (χ3n) is 2.44. The lowest BCUT2D eigenvalue weighted by Gasteiger charge is -2.14. The molecule has 0 aliphatic heterocycles. The highest BCUT2D eigenvalue weighted by molar-refractivity contribution is 7.92. The smallest absolute Gasteiger partial charge is 0.184 e. The Hall–Kier alpha value is -1.43. The van der Waals surface area contributed by atoms with Crippen LogP contribution in [-0.4, -0.2) is 27.9 Å². The van der Waals surface area contributed by atoms with Crippen LogP contribution >= 0.6 is 0 Å². The number of nitrogens with two attached hydrogens (primary N) is 1. The minimum absolute atomic E-state index is 0.0910. The average molecular weight is 259 g/mol. The zero-order chi connectivity index (χ0) is 13.2. The van der Waals surface area contributed by atoms with E-state index < -0.39 is 15.1 Å². The molecule has 0 atom stereocenters. The van der Waals surface area contributed by atoms with Crippen LogP contribution in [-0.2, 0) is 9.84 Å². The van der Waals surface area contributed by atoms with E-state index in [2.05, 4.69) is 0 Å². The van der Waals surface area contributed by atoms with Gasteiger partial charge in [-0.3, -0.25) is 0 Å². The lowest BCUT2D eigenvalue weighted by atomic mass is 10.3. The molecule has 0 radical (unpaired) electrons. The van der Waals surface area contributed by atoms with Gasteiger partial charge in [0, 0.05) is 6.07 Å². The van der Waals surface area contributed by atoms with Crippen molar-refractivity contribution in [1.29, 1.82) is 0 Å². The molecule has 6 heteroatoms. The van der Waals surface area contributed by atoms with Crippen LogP contribution in [0, 0.1) is 0 Å². The number of sulfone groups is 1. The van der Waals surface area contributed by atoms with E-state index in [1.807, 2.05) is 0 Å². The summed E-state index contributed by atoms with van der Waals surface area (Å²) in [6, 6.07) is 2.84. The molecule has 96 valence electrons. The van der Waals surface area contributed by atoms with E-state index in [0.717, 1.165) is 0 Å². The highest BCUT2D eigenvalue weighted by Crippen LogP contribution is 2.35. The zero-order valence-electron chi connectivity index (χ0n) is 10.4. The van der Waals surface area contributed by atoms with Gasteiger partial charge in [-0.2, -0.15) is 0 Å². The minimum Gasteiger partial charge on any atom is -0.495 e. The van der Waals surface area contributed by atoms with Gasteiger partial charge in [-0.05, 0) is 19.9 Å². The van der Waals surface area contributed by atoms with Crippen molar-refractivity contribution < 1.29 is 17.9 Å². The first-order valence-electron chi connectivity index (χ1n) is 5.10. The number of methoxy groups -OCH3 is 2. The van der Waals surface area contributed by atoms with Crippen molar-refractivity contribution in [3.05, 3.63) is 12.1 Å². The molecule has 5 nitrogen and oxygen atoms in total. The molecule has 0 unspecified atom stereocenters. The van der Waals surface area contributed by atoms with Crippen LogP contribution in [0.15, 0.2) is 17.0 Å². The minimum atomic E-state index is -3.43. The molecule has 0 saturated carbocycles. The van der Waals surface area contributed by atoms with Gasteiger partial charge in [-0.1, -0.05) is 0 Å². The molecule has 1 aromatic carbocycles. The van der Waals surface area contributed by atoms with E-state index in [1.54, 1.807) is 13.8 Å². The van der Waals surface area contributed by atoms with Crippen molar-refractivity contribution in [2.75, 3.05) is 20.0 Å². The summed E-state index contributed by atoms with van der Waals surface area (Å²) in [7, 11) is -0.561. The van der Waals surface area contributed by atoms with E-state index >= 15 is 0 Å². The molecule has 0 fully saturated rings. The molecule has 2 N–H and O–H groups in total. The highest BCUT2D eigenvalue weighted by Gasteiger charge is 2.25. The molecule has 0 aliphatic rings. The van der Waals surface area contributed by atoms with Gasteiger partial charge in [0.25, 0.3) is 0 Å². The van der Waals surface area contributed by atoms with Gasteiger partial charge in [0.15, 0.2) is 9.84 Å². The van der Waals surface area contributed by atoms with E-state index in [-0.39, 0.29) is 16.3 Å². The SMILES string of the molecule is COc1cc(OC)c(S(=O)(=O)C(C)C)cc1N. The normalized spacial score (nSPS) is 11.6. The van der Waals surface area contributed by atoms with Gasteiger partial charge in [-0.15, -0.1) is 0 Å². The summed E-state index contributed by atoms with van der Waals surface area (Å²) in [5.41, 5.74) is 5.98. The molecule has 0 spiro atoms. The van der Waals surface area contributed by atoms with Crippen molar-refractivity contribution in [3.8, 4) is 11.5 Å². The molecule has 1 aromatic rings. The summed E-state index contributed by atoms with van der Waals surface area (Å²) >= 11 is 0. The topological polar surface area (TPSA) is 78.6 Å². The van der Waals surface area contributed by atoms with Gasteiger partial charge < -0.3 is 15.2 Å². The molecule has 0 aliphatic carbocycles. The number of hydrogen-bond acceptors (Lipinski definition) is 5. The standard InChI is InChI=1S/C11H17NO4S/c1-7(2)17(13,14)11-5-8(12)9(15-3)6-10(11)16-4/h5-7H,12H2,1-4H3. The van der Waals surface area contributed by atoms with E-state index in [4.69, 9.17) is 15.2 Å². The average Bonchev–Trinajstić information content (AvgIpc) is 2.28. The number of benzene rings is 1. The molecule has 0 amide bonds. The predicted molar refractivity (Wildman–Crippen MR) is 66.3 cm³/mol. The monoisotopic (exact) mass is 259 g/mol. The molecule has 0 bridgehead atoms. The largest absolute Gasteiger partial charge is 0.495 e. The number of anilines is 1. The van der Waals surface area contributed by atoms with Crippen LogP contribution in [0.4, 0.5) is 5.69 Å². The lowest BCUT2D eigenvalue weighted by Crippen LogP contribution is -2.15. The van der Waals surface area contributed by atoms with Crippen molar-refractivity contribution in [2.24, 2.45) is 0 Å². The Labute approximate surface area is 101 Å². The summed E-state index contributed by atoms with van der Waals surface area (Å²) < 4.78 is 34.3. The van der Waals surface area contributed by atoms with Gasteiger partial charge in [-0.25, -0.2) is 8.42 Å². The third kappa shape index (κ3) is 2.46. The Bertz CT molecular complexity index is 508. The van der Waals surface area contributed by atoms with Crippen LogP contribution in [0.1, 0.15) is 13.8 Å². The maximum atomic E-state index is 12.1. The van der Waals surface area contributed by atoms with Crippen LogP contribution in [0.2, 0.25) is 0 Å². The second kappa shape index (κ2) is 4.83. The highest BCUT2D eigenvalue weighted by atomic mass is 32.2. The van der Waals surface area contributed by atoms with E-state index in [1.165, 1.54) is 26.4 Å². The van der Waals surface area contributed by atoms with E-state index in [9.17, 15) is 8.42 Å². The van der Waals surface area contributed by atoms with Crippen LogP contribution in [0.5, 0.6) is 11.5 Å². The Kier molecular flexibility index (Phi) is 3.87. The summed E-state index contributed by atoms with van der Waals surface area (Å²) in [5.74, 6) is 0.634. The Morgan fingerprint density at radius 2 is 1.65 bits per heavy atom. The van der Waals surface area contributed by atoms with Gasteiger partial charge >= 0.3 is 0 Å². The van der Waals surface area contributed by atoms with Crippen LogP contribution in [0.3, 0.4) is 0 Å². The summed E-state index contributed by atoms with van der Waals surface area (Å²) in [6.45, 7) is 3.21. The molecule has 0 saturated heterocycles. The van der Waals surface area contributed by atoms with Gasteiger partial charge in [0.05, 0.1) is 25.2 Å². The fraction of sp³-hybridized carbons (Fsp3) is 0.455. The van der Waals surface area contributed by atoms with Crippen molar-refractivity contribution in [3.63, 3.8) is 0 Å². The Morgan fingerprint density at radius 1 is 1.12 bits per heavy atom. The second-order valence-corrected chi connectivity index (χ2v) is 6.31. The quantitative estimate of drug-likeness (QED) is 0.828. The molecular formula is C11H17NO4S. The molecule has 1 rings (SSSR count). The summed E-state index contributed by atoms with van der Waals surface area (Å²) in [5, 5.41) is -0.538. The first-order chi connectivity index (χ1) is 7.84. The molecule has 0 aromatic heterocycles. The van der Waals surface area contributed by atoms with Crippen molar-refractivity contribution in [1.82, 2.24) is 0 Å². The fourth-order valence-corrected chi connectivity index (χ4v) is 2.59. The number of rotatable bonds is 4. The zero-order valence-corrected chi connectivity index (χ0v) is 11.2. The van der Waals surface area contributed by atoms with Crippen molar-refractivity contribution in [2.45, 2.75) is 24.0 Å². The fourth-order valence-electron chi connectivity index (χ4n) is 1.37. The van der Waals surface area contributed by atoms with Crippen LogP contribution in [0.25, 0.3) is 0 Å². The summed E-state index contributed by atoms with van der Waals surface area (Å²) in [6.07, 6.45) is 0. The first kappa shape index (κ1) is 13.6. The number of nitrogen functional groups attached to an aromatic ring is 1. The molecular weight excluding hydrogens is 242 g/mol. The second-order valence-electron chi connectivity index (χ2n) is 3.84. The lowest BCUT2D eigenvalue weighted by molar-refractivity contribution is 0.387. The maximum Gasteiger partial charge on any atom is 0.184 e. The van der Waals surface area contributed by atoms with Gasteiger partial charge in [0.2, 0.25) is 0 Å². The number of ether oxygens (including phenoxy) is 2. The van der Waals surface area contributed by atoms with Gasteiger partial charge in [0.1, 0.15) is 16.4 Å². The third-order valence-corrected chi connectivity index (χ3v) is 4.62. The Balaban J connectivity index is 3.50. The summed E-state index contributed by atoms with van der Waals surface area (Å²) in [4.78, 5) is 0.0910. The number of hydrogen-bond donors (Lipinski definition) is 1.